The highest BCUT2D eigenvalue weighted by molar-refractivity contribution is 5.38. The van der Waals surface area contributed by atoms with Gasteiger partial charge in [-0.15, -0.1) is 0 Å². The molecular weight excluding hydrogens is 218 g/mol. The lowest BCUT2D eigenvalue weighted by Crippen LogP contribution is -2.43. The molecular formula is C13H19NO3. The Morgan fingerprint density at radius 3 is 2.24 bits per heavy atom. The second-order valence-corrected chi connectivity index (χ2v) is 4.42. The highest BCUT2D eigenvalue weighted by Crippen LogP contribution is 2.24. The van der Waals surface area contributed by atoms with Crippen molar-refractivity contribution in [1.82, 2.24) is 5.32 Å². The number of nitrogens with one attached hydrogen (secondary N) is 1. The number of aliphatic hydroxyl groups excluding tert-OH is 1. The third kappa shape index (κ3) is 3.11. The van der Waals surface area contributed by atoms with Crippen LogP contribution >= 0.6 is 0 Å². The molecule has 94 valence electrons. The fraction of sp³-hybridized carbons (Fsp3) is 0.538. The van der Waals surface area contributed by atoms with Crippen molar-refractivity contribution in [2.24, 2.45) is 0 Å². The molecule has 1 aliphatic rings. The molecule has 0 heterocycles. The monoisotopic (exact) mass is 237 g/mol. The van der Waals surface area contributed by atoms with E-state index in [0.717, 1.165) is 36.4 Å². The van der Waals surface area contributed by atoms with Gasteiger partial charge in [0.15, 0.2) is 0 Å². The maximum Gasteiger partial charge on any atom is 0.122 e. The van der Waals surface area contributed by atoms with Gasteiger partial charge in [0.25, 0.3) is 0 Å². The first-order valence-electron chi connectivity index (χ1n) is 5.84. The van der Waals surface area contributed by atoms with E-state index in [1.807, 2.05) is 18.2 Å². The number of rotatable bonds is 5. The largest absolute Gasteiger partial charge is 0.497 e. The Morgan fingerprint density at radius 1 is 1.18 bits per heavy atom. The van der Waals surface area contributed by atoms with Crippen molar-refractivity contribution < 1.29 is 14.6 Å². The smallest absolute Gasteiger partial charge is 0.122 e. The quantitative estimate of drug-likeness (QED) is 0.811. The number of methoxy groups -OCH3 is 2. The maximum absolute atomic E-state index is 9.20. The third-order valence-electron chi connectivity index (χ3n) is 3.12. The minimum Gasteiger partial charge on any atom is -0.497 e. The van der Waals surface area contributed by atoms with Gasteiger partial charge in [-0.2, -0.15) is 0 Å². The topological polar surface area (TPSA) is 50.7 Å². The van der Waals surface area contributed by atoms with Crippen LogP contribution in [0.5, 0.6) is 11.5 Å². The minimum absolute atomic E-state index is 0.118. The number of hydrogen-bond donors (Lipinski definition) is 2. The molecule has 1 aromatic carbocycles. The van der Waals surface area contributed by atoms with E-state index in [1.165, 1.54) is 0 Å². The maximum atomic E-state index is 9.20. The van der Waals surface area contributed by atoms with Gasteiger partial charge in [-0.25, -0.2) is 0 Å². The molecule has 0 unspecified atom stereocenters. The summed E-state index contributed by atoms with van der Waals surface area (Å²) in [4.78, 5) is 0. The first kappa shape index (κ1) is 12.2. The van der Waals surface area contributed by atoms with Crippen molar-refractivity contribution in [3.63, 3.8) is 0 Å². The SMILES string of the molecule is COc1cc(CNC2CC(O)C2)cc(OC)c1. The van der Waals surface area contributed by atoms with Gasteiger partial charge in [-0.05, 0) is 30.5 Å². The average Bonchev–Trinajstić information content (AvgIpc) is 2.32. The lowest BCUT2D eigenvalue weighted by molar-refractivity contribution is 0.0619. The Kier molecular flexibility index (Phi) is 3.86. The molecule has 2 N–H and O–H groups in total. The summed E-state index contributed by atoms with van der Waals surface area (Å²) < 4.78 is 10.4. The van der Waals surface area contributed by atoms with E-state index < -0.39 is 0 Å². The summed E-state index contributed by atoms with van der Waals surface area (Å²) in [5.41, 5.74) is 1.13. The number of aliphatic hydroxyl groups is 1. The van der Waals surface area contributed by atoms with Crippen LogP contribution in [0.25, 0.3) is 0 Å². The zero-order chi connectivity index (χ0) is 12.3. The molecule has 0 atom stereocenters. The van der Waals surface area contributed by atoms with Gasteiger partial charge < -0.3 is 19.9 Å². The summed E-state index contributed by atoms with van der Waals surface area (Å²) >= 11 is 0. The number of hydrogen-bond acceptors (Lipinski definition) is 4. The predicted octanol–water partition coefficient (Wildman–Crippen LogP) is 1.32. The van der Waals surface area contributed by atoms with Crippen LogP contribution in [0, 0.1) is 0 Å². The van der Waals surface area contributed by atoms with Crippen LogP contribution in [-0.2, 0) is 6.54 Å². The summed E-state index contributed by atoms with van der Waals surface area (Å²) in [6.45, 7) is 0.769. The highest BCUT2D eigenvalue weighted by atomic mass is 16.5. The predicted molar refractivity (Wildman–Crippen MR) is 65.4 cm³/mol. The molecule has 0 aliphatic heterocycles. The Morgan fingerprint density at radius 2 is 1.76 bits per heavy atom. The fourth-order valence-electron chi connectivity index (χ4n) is 1.99. The van der Waals surface area contributed by atoms with Crippen LogP contribution in [0.3, 0.4) is 0 Å². The van der Waals surface area contributed by atoms with E-state index in [-0.39, 0.29) is 6.10 Å². The lowest BCUT2D eigenvalue weighted by atomic mass is 9.89. The Labute approximate surface area is 102 Å². The van der Waals surface area contributed by atoms with Crippen molar-refractivity contribution in [3.8, 4) is 11.5 Å². The van der Waals surface area contributed by atoms with Crippen LogP contribution < -0.4 is 14.8 Å². The summed E-state index contributed by atoms with van der Waals surface area (Å²) in [6.07, 6.45) is 1.58. The van der Waals surface area contributed by atoms with Crippen LogP contribution in [0.15, 0.2) is 18.2 Å². The molecule has 1 fully saturated rings. The highest BCUT2D eigenvalue weighted by Gasteiger charge is 2.26. The van der Waals surface area contributed by atoms with E-state index in [4.69, 9.17) is 9.47 Å². The van der Waals surface area contributed by atoms with Gasteiger partial charge in [0, 0.05) is 18.7 Å². The van der Waals surface area contributed by atoms with Crippen molar-refractivity contribution in [2.75, 3.05) is 14.2 Å². The van der Waals surface area contributed by atoms with Gasteiger partial charge in [0.1, 0.15) is 11.5 Å². The summed E-state index contributed by atoms with van der Waals surface area (Å²) in [5.74, 6) is 1.60. The number of benzene rings is 1. The Balaban J connectivity index is 1.94. The van der Waals surface area contributed by atoms with E-state index in [0.29, 0.717) is 6.04 Å². The number of ether oxygens (including phenoxy) is 2. The molecule has 1 aliphatic carbocycles. The van der Waals surface area contributed by atoms with Crippen molar-refractivity contribution in [2.45, 2.75) is 31.5 Å². The Bertz CT molecular complexity index is 353. The van der Waals surface area contributed by atoms with Crippen molar-refractivity contribution in [1.29, 1.82) is 0 Å². The standard InChI is InChI=1S/C13H19NO3/c1-16-12-3-9(4-13(7-12)17-2)8-14-10-5-11(15)6-10/h3-4,7,10-11,14-15H,5-6,8H2,1-2H3. The molecule has 0 saturated heterocycles. The van der Waals surface area contributed by atoms with Gasteiger partial charge in [-0.1, -0.05) is 0 Å². The molecule has 17 heavy (non-hydrogen) atoms. The molecule has 4 heteroatoms. The summed E-state index contributed by atoms with van der Waals surface area (Å²) in [7, 11) is 3.29. The zero-order valence-electron chi connectivity index (χ0n) is 10.3. The summed E-state index contributed by atoms with van der Waals surface area (Å²) in [6, 6.07) is 6.27. The van der Waals surface area contributed by atoms with Crippen molar-refractivity contribution in [3.05, 3.63) is 23.8 Å². The van der Waals surface area contributed by atoms with E-state index in [9.17, 15) is 5.11 Å². The molecule has 0 spiro atoms. The van der Waals surface area contributed by atoms with Crippen LogP contribution in [0.4, 0.5) is 0 Å². The van der Waals surface area contributed by atoms with Crippen LogP contribution in [-0.4, -0.2) is 31.5 Å². The van der Waals surface area contributed by atoms with E-state index >= 15 is 0 Å². The average molecular weight is 237 g/mol. The molecule has 1 aromatic rings. The zero-order valence-corrected chi connectivity index (χ0v) is 10.3. The van der Waals surface area contributed by atoms with Gasteiger partial charge in [0.05, 0.1) is 20.3 Å². The lowest BCUT2D eigenvalue weighted by Gasteiger charge is -2.32. The molecule has 4 nitrogen and oxygen atoms in total. The normalized spacial score (nSPS) is 23.0. The Hall–Kier alpha value is -1.26. The molecule has 2 rings (SSSR count). The molecule has 0 aromatic heterocycles. The first-order valence-corrected chi connectivity index (χ1v) is 5.84. The first-order chi connectivity index (χ1) is 8.21. The minimum atomic E-state index is -0.118. The van der Waals surface area contributed by atoms with Crippen LogP contribution in [0.2, 0.25) is 0 Å². The van der Waals surface area contributed by atoms with Gasteiger partial charge in [0.2, 0.25) is 0 Å². The molecule has 0 bridgehead atoms. The summed E-state index contributed by atoms with van der Waals surface area (Å²) in [5, 5.41) is 12.6. The second-order valence-electron chi connectivity index (χ2n) is 4.42. The fourth-order valence-corrected chi connectivity index (χ4v) is 1.99. The van der Waals surface area contributed by atoms with E-state index in [1.54, 1.807) is 14.2 Å². The second kappa shape index (κ2) is 5.38. The van der Waals surface area contributed by atoms with Gasteiger partial charge >= 0.3 is 0 Å². The molecule has 0 radical (unpaired) electrons. The van der Waals surface area contributed by atoms with Gasteiger partial charge in [-0.3, -0.25) is 0 Å². The molecule has 0 amide bonds. The third-order valence-corrected chi connectivity index (χ3v) is 3.12. The van der Waals surface area contributed by atoms with Crippen molar-refractivity contribution >= 4 is 0 Å². The molecule has 1 saturated carbocycles. The van der Waals surface area contributed by atoms with E-state index in [2.05, 4.69) is 5.32 Å². The van der Waals surface area contributed by atoms with Crippen LogP contribution in [0.1, 0.15) is 18.4 Å².